The molecule has 0 saturated carbocycles. The topological polar surface area (TPSA) is 64.8 Å². The van der Waals surface area contributed by atoms with Crippen LogP contribution in [0.15, 0.2) is 18.2 Å². The van der Waals surface area contributed by atoms with Crippen molar-refractivity contribution in [2.75, 3.05) is 32.8 Å². The number of hydrogen-bond donors (Lipinski definition) is 1. The molecule has 0 bridgehead atoms. The fourth-order valence-electron chi connectivity index (χ4n) is 2.86. The Morgan fingerprint density at radius 3 is 2.52 bits per heavy atom. The first-order chi connectivity index (χ1) is 11.1. The second-order valence-electron chi connectivity index (χ2n) is 6.10. The minimum atomic E-state index is 0.0491. The van der Waals surface area contributed by atoms with Crippen LogP contribution in [-0.4, -0.2) is 49.8 Å². The lowest BCUT2D eigenvalue weighted by atomic mass is 10.1. The van der Waals surface area contributed by atoms with E-state index in [1.54, 1.807) is 0 Å². The van der Waals surface area contributed by atoms with E-state index in [1.165, 1.54) is 0 Å². The summed E-state index contributed by atoms with van der Waals surface area (Å²) in [5.74, 6) is 0.869. The second kappa shape index (κ2) is 8.89. The highest BCUT2D eigenvalue weighted by atomic mass is 16.5. The zero-order chi connectivity index (χ0) is 16.7. The summed E-state index contributed by atoms with van der Waals surface area (Å²) in [5, 5.41) is 0. The number of nitrogens with zero attached hydrogens (tertiary/aromatic N) is 1. The highest BCUT2D eigenvalue weighted by molar-refractivity contribution is 5.78. The Morgan fingerprint density at radius 1 is 1.26 bits per heavy atom. The normalized spacial score (nSPS) is 15.7. The van der Waals surface area contributed by atoms with Crippen LogP contribution in [0.4, 0.5) is 0 Å². The van der Waals surface area contributed by atoms with Gasteiger partial charge < -0.3 is 20.1 Å². The van der Waals surface area contributed by atoms with E-state index in [2.05, 4.69) is 0 Å². The zero-order valence-corrected chi connectivity index (χ0v) is 14.2. The lowest BCUT2D eigenvalue weighted by molar-refractivity contribution is -0.136. The van der Waals surface area contributed by atoms with Crippen molar-refractivity contribution in [2.24, 2.45) is 5.73 Å². The molecule has 2 N–H and O–H groups in total. The maximum absolute atomic E-state index is 12.3. The monoisotopic (exact) mass is 320 g/mol. The molecule has 23 heavy (non-hydrogen) atoms. The summed E-state index contributed by atoms with van der Waals surface area (Å²) in [4.78, 5) is 14.2. The Balaban J connectivity index is 1.75. The predicted octanol–water partition coefficient (Wildman–Crippen LogP) is 2.04. The Morgan fingerprint density at radius 2 is 1.91 bits per heavy atom. The molecule has 1 aliphatic heterocycles. The maximum atomic E-state index is 12.3. The van der Waals surface area contributed by atoms with E-state index in [1.807, 2.05) is 36.9 Å². The molecule has 2 rings (SSSR count). The van der Waals surface area contributed by atoms with E-state index in [-0.39, 0.29) is 18.6 Å². The van der Waals surface area contributed by atoms with Crippen LogP contribution in [0.3, 0.4) is 0 Å². The molecular weight excluding hydrogens is 292 g/mol. The van der Waals surface area contributed by atoms with Crippen LogP contribution in [0.2, 0.25) is 0 Å². The molecule has 0 unspecified atom stereocenters. The molecule has 128 valence electrons. The third kappa shape index (κ3) is 5.22. The summed E-state index contributed by atoms with van der Waals surface area (Å²) in [6, 6.07) is 5.99. The van der Waals surface area contributed by atoms with Crippen molar-refractivity contribution in [1.82, 2.24) is 4.90 Å². The number of benzene rings is 1. The quantitative estimate of drug-likeness (QED) is 0.781. The third-order valence-electron chi connectivity index (χ3n) is 4.25. The van der Waals surface area contributed by atoms with Crippen LogP contribution >= 0.6 is 0 Å². The first kappa shape index (κ1) is 17.8. The summed E-state index contributed by atoms with van der Waals surface area (Å²) in [6.07, 6.45) is 2.92. The molecule has 1 amide bonds. The molecule has 1 aromatic rings. The van der Waals surface area contributed by atoms with E-state index in [9.17, 15) is 4.79 Å². The van der Waals surface area contributed by atoms with Gasteiger partial charge in [0.15, 0.2) is 6.61 Å². The Bertz CT molecular complexity index is 491. The molecule has 0 aromatic heterocycles. The highest BCUT2D eigenvalue weighted by Gasteiger charge is 2.23. The number of hydrogen-bond acceptors (Lipinski definition) is 4. The second-order valence-corrected chi connectivity index (χ2v) is 6.10. The van der Waals surface area contributed by atoms with E-state index >= 15 is 0 Å². The van der Waals surface area contributed by atoms with Crippen LogP contribution in [-0.2, 0) is 9.53 Å². The van der Waals surface area contributed by atoms with Crippen molar-refractivity contribution in [3.05, 3.63) is 29.3 Å². The van der Waals surface area contributed by atoms with Gasteiger partial charge in [0.2, 0.25) is 0 Å². The van der Waals surface area contributed by atoms with E-state index in [0.717, 1.165) is 49.2 Å². The van der Waals surface area contributed by atoms with Gasteiger partial charge in [0.1, 0.15) is 5.75 Å². The van der Waals surface area contributed by atoms with Crippen LogP contribution in [0.25, 0.3) is 0 Å². The van der Waals surface area contributed by atoms with Crippen molar-refractivity contribution in [3.8, 4) is 5.75 Å². The number of para-hydroxylation sites is 1. The molecule has 0 atom stereocenters. The first-order valence-corrected chi connectivity index (χ1v) is 8.40. The number of ether oxygens (including phenoxy) is 2. The van der Waals surface area contributed by atoms with E-state index in [0.29, 0.717) is 13.2 Å². The fourth-order valence-corrected chi connectivity index (χ4v) is 2.86. The van der Waals surface area contributed by atoms with Gasteiger partial charge in [-0.1, -0.05) is 18.2 Å². The lowest BCUT2D eigenvalue weighted by Crippen LogP contribution is -2.43. The number of aryl methyl sites for hydroxylation is 2. The zero-order valence-electron chi connectivity index (χ0n) is 14.2. The van der Waals surface area contributed by atoms with E-state index < -0.39 is 0 Å². The summed E-state index contributed by atoms with van der Waals surface area (Å²) >= 11 is 0. The Labute approximate surface area is 138 Å². The Hall–Kier alpha value is -1.59. The van der Waals surface area contributed by atoms with Crippen molar-refractivity contribution in [1.29, 1.82) is 0 Å². The van der Waals surface area contributed by atoms with Crippen LogP contribution in [0, 0.1) is 13.8 Å². The molecular formula is C18H28N2O3. The minimum absolute atomic E-state index is 0.0491. The van der Waals surface area contributed by atoms with Crippen molar-refractivity contribution >= 4 is 5.91 Å². The molecule has 5 heteroatoms. The molecule has 5 nitrogen and oxygen atoms in total. The van der Waals surface area contributed by atoms with Gasteiger partial charge in [0, 0.05) is 19.7 Å². The van der Waals surface area contributed by atoms with Crippen molar-refractivity contribution in [2.45, 2.75) is 39.2 Å². The summed E-state index contributed by atoms with van der Waals surface area (Å²) in [5.41, 5.74) is 7.58. The van der Waals surface area contributed by atoms with Gasteiger partial charge >= 0.3 is 0 Å². The lowest BCUT2D eigenvalue weighted by Gasteiger charge is -2.32. The summed E-state index contributed by atoms with van der Waals surface area (Å²) < 4.78 is 11.5. The van der Waals surface area contributed by atoms with Gasteiger partial charge in [-0.05, 0) is 50.8 Å². The SMILES string of the molecule is Cc1cccc(C)c1OCC(=O)N1CCC(OCCCN)CC1. The van der Waals surface area contributed by atoms with Crippen LogP contribution < -0.4 is 10.5 Å². The van der Waals surface area contributed by atoms with Gasteiger partial charge in [-0.2, -0.15) is 0 Å². The number of nitrogens with two attached hydrogens (primary N) is 1. The number of piperidine rings is 1. The smallest absolute Gasteiger partial charge is 0.260 e. The molecule has 1 fully saturated rings. The molecule has 1 aliphatic rings. The van der Waals surface area contributed by atoms with Crippen molar-refractivity contribution in [3.63, 3.8) is 0 Å². The Kier molecular flexibility index (Phi) is 6.86. The largest absolute Gasteiger partial charge is 0.483 e. The molecule has 0 aliphatic carbocycles. The van der Waals surface area contributed by atoms with Gasteiger partial charge in [-0.3, -0.25) is 4.79 Å². The molecule has 1 heterocycles. The maximum Gasteiger partial charge on any atom is 0.260 e. The first-order valence-electron chi connectivity index (χ1n) is 8.40. The molecule has 1 aromatic carbocycles. The third-order valence-corrected chi connectivity index (χ3v) is 4.25. The molecule has 1 saturated heterocycles. The van der Waals surface area contributed by atoms with Gasteiger partial charge in [0.25, 0.3) is 5.91 Å². The number of likely N-dealkylation sites (tertiary alicyclic amines) is 1. The fraction of sp³-hybridized carbons (Fsp3) is 0.611. The minimum Gasteiger partial charge on any atom is -0.483 e. The standard InChI is InChI=1S/C18H28N2O3/c1-14-5-3-6-15(2)18(14)23-13-17(21)20-10-7-16(8-11-20)22-12-4-9-19/h3,5-6,16H,4,7-13,19H2,1-2H3. The van der Waals surface area contributed by atoms with Crippen LogP contribution in [0.5, 0.6) is 5.75 Å². The van der Waals surface area contributed by atoms with E-state index in [4.69, 9.17) is 15.2 Å². The molecule has 0 spiro atoms. The molecule has 0 radical (unpaired) electrons. The van der Waals surface area contributed by atoms with Gasteiger partial charge in [-0.25, -0.2) is 0 Å². The average molecular weight is 320 g/mol. The van der Waals surface area contributed by atoms with Crippen molar-refractivity contribution < 1.29 is 14.3 Å². The number of carbonyl (C=O) groups excluding carboxylic acids is 1. The predicted molar refractivity (Wildman–Crippen MR) is 90.6 cm³/mol. The highest BCUT2D eigenvalue weighted by Crippen LogP contribution is 2.22. The number of carbonyl (C=O) groups is 1. The number of rotatable bonds is 7. The van der Waals surface area contributed by atoms with Gasteiger partial charge in [0.05, 0.1) is 6.10 Å². The van der Waals surface area contributed by atoms with Crippen LogP contribution in [0.1, 0.15) is 30.4 Å². The number of amides is 1. The average Bonchev–Trinajstić information content (AvgIpc) is 2.55. The summed E-state index contributed by atoms with van der Waals surface area (Å²) in [7, 11) is 0. The summed E-state index contributed by atoms with van der Waals surface area (Å²) in [6.45, 7) is 6.95. The van der Waals surface area contributed by atoms with Gasteiger partial charge in [-0.15, -0.1) is 0 Å².